The lowest BCUT2D eigenvalue weighted by atomic mass is 10.0. The van der Waals surface area contributed by atoms with Crippen LogP contribution in [-0.4, -0.2) is 11.9 Å². The number of benzene rings is 2. The van der Waals surface area contributed by atoms with Crippen molar-refractivity contribution in [3.05, 3.63) is 63.6 Å². The number of alkyl halides is 1. The molecular weight excluding hydrogens is 347 g/mol. The van der Waals surface area contributed by atoms with Gasteiger partial charge in [-0.2, -0.15) is 0 Å². The van der Waals surface area contributed by atoms with Gasteiger partial charge in [0.15, 0.2) is 0 Å². The molecule has 0 amide bonds. The third-order valence-corrected chi connectivity index (χ3v) is 3.62. The first-order valence-electron chi connectivity index (χ1n) is 5.91. The Morgan fingerprint density at radius 3 is 2.53 bits per heavy atom. The SMILES string of the molecule is Clc1ccc(OCCBr)c(Cc2ccccc2Cl)c1. The summed E-state index contributed by atoms with van der Waals surface area (Å²) in [4.78, 5) is 0. The van der Waals surface area contributed by atoms with Crippen molar-refractivity contribution < 1.29 is 4.74 Å². The van der Waals surface area contributed by atoms with E-state index in [1.165, 1.54) is 0 Å². The van der Waals surface area contributed by atoms with Gasteiger partial charge in [0, 0.05) is 27.4 Å². The maximum atomic E-state index is 6.19. The second-order valence-corrected chi connectivity index (χ2v) is 5.69. The molecule has 0 bridgehead atoms. The Morgan fingerprint density at radius 2 is 1.79 bits per heavy atom. The van der Waals surface area contributed by atoms with Gasteiger partial charge in [-0.1, -0.05) is 57.3 Å². The van der Waals surface area contributed by atoms with Crippen molar-refractivity contribution in [1.29, 1.82) is 0 Å². The van der Waals surface area contributed by atoms with Gasteiger partial charge in [0.25, 0.3) is 0 Å². The van der Waals surface area contributed by atoms with E-state index in [0.717, 1.165) is 27.2 Å². The maximum Gasteiger partial charge on any atom is 0.122 e. The fourth-order valence-electron chi connectivity index (χ4n) is 1.82. The third-order valence-electron chi connectivity index (χ3n) is 2.70. The predicted molar refractivity (Wildman–Crippen MR) is 85.0 cm³/mol. The molecule has 19 heavy (non-hydrogen) atoms. The molecule has 0 heterocycles. The lowest BCUT2D eigenvalue weighted by Gasteiger charge is -2.12. The average molecular weight is 360 g/mol. The summed E-state index contributed by atoms with van der Waals surface area (Å²) >= 11 is 15.6. The Labute approximate surface area is 131 Å². The van der Waals surface area contributed by atoms with E-state index < -0.39 is 0 Å². The predicted octanol–water partition coefficient (Wildman–Crippen LogP) is 5.36. The summed E-state index contributed by atoms with van der Waals surface area (Å²) in [6, 6.07) is 13.5. The fraction of sp³-hybridized carbons (Fsp3) is 0.200. The molecule has 0 aromatic heterocycles. The molecule has 1 nitrogen and oxygen atoms in total. The molecule has 0 N–H and O–H groups in total. The summed E-state index contributed by atoms with van der Waals surface area (Å²) < 4.78 is 5.70. The zero-order valence-electron chi connectivity index (χ0n) is 10.2. The molecule has 0 fully saturated rings. The quantitative estimate of drug-likeness (QED) is 0.653. The molecule has 100 valence electrons. The van der Waals surface area contributed by atoms with Crippen LogP contribution in [0.15, 0.2) is 42.5 Å². The molecule has 2 rings (SSSR count). The summed E-state index contributed by atoms with van der Waals surface area (Å²) in [7, 11) is 0. The molecule has 0 saturated carbocycles. The van der Waals surface area contributed by atoms with Crippen LogP contribution in [0.5, 0.6) is 5.75 Å². The molecule has 2 aromatic rings. The van der Waals surface area contributed by atoms with Crippen LogP contribution in [0.25, 0.3) is 0 Å². The zero-order chi connectivity index (χ0) is 13.7. The molecule has 0 aliphatic rings. The minimum atomic E-state index is 0.622. The van der Waals surface area contributed by atoms with Crippen LogP contribution in [0.2, 0.25) is 10.0 Å². The minimum Gasteiger partial charge on any atom is -0.492 e. The van der Waals surface area contributed by atoms with Crippen molar-refractivity contribution in [1.82, 2.24) is 0 Å². The molecule has 0 aliphatic heterocycles. The summed E-state index contributed by atoms with van der Waals surface area (Å²) in [6.07, 6.45) is 0.706. The fourth-order valence-corrected chi connectivity index (χ4v) is 2.38. The van der Waals surface area contributed by atoms with Gasteiger partial charge in [0.2, 0.25) is 0 Å². The van der Waals surface area contributed by atoms with Gasteiger partial charge < -0.3 is 4.74 Å². The Balaban J connectivity index is 2.27. The third kappa shape index (κ3) is 4.13. The summed E-state index contributed by atoms with van der Waals surface area (Å²) in [5.74, 6) is 0.851. The highest BCUT2D eigenvalue weighted by atomic mass is 79.9. The first-order valence-corrected chi connectivity index (χ1v) is 7.79. The van der Waals surface area contributed by atoms with Crippen molar-refractivity contribution in [2.45, 2.75) is 6.42 Å². The Kier molecular flexibility index (Phi) is 5.56. The van der Waals surface area contributed by atoms with Crippen molar-refractivity contribution in [2.75, 3.05) is 11.9 Å². The number of rotatable bonds is 5. The second-order valence-electron chi connectivity index (χ2n) is 4.06. The first kappa shape index (κ1) is 14.7. The number of hydrogen-bond donors (Lipinski definition) is 0. The molecule has 0 atom stereocenters. The van der Waals surface area contributed by atoms with E-state index in [0.29, 0.717) is 18.1 Å². The van der Waals surface area contributed by atoms with Crippen molar-refractivity contribution >= 4 is 39.1 Å². The summed E-state index contributed by atoms with van der Waals surface area (Å²) in [5.41, 5.74) is 2.11. The van der Waals surface area contributed by atoms with Crippen molar-refractivity contribution in [3.63, 3.8) is 0 Å². The average Bonchev–Trinajstić information content (AvgIpc) is 2.40. The summed E-state index contributed by atoms with van der Waals surface area (Å²) in [6.45, 7) is 0.622. The van der Waals surface area contributed by atoms with Gasteiger partial charge in [-0.3, -0.25) is 0 Å². The van der Waals surface area contributed by atoms with Gasteiger partial charge in [-0.25, -0.2) is 0 Å². The number of hydrogen-bond acceptors (Lipinski definition) is 1. The number of ether oxygens (including phenoxy) is 1. The van der Waals surface area contributed by atoms with Gasteiger partial charge in [0.05, 0.1) is 6.61 Å². The van der Waals surface area contributed by atoms with Crippen LogP contribution in [0, 0.1) is 0 Å². The van der Waals surface area contributed by atoms with Crippen LogP contribution >= 0.6 is 39.1 Å². The molecule has 0 saturated heterocycles. The van der Waals surface area contributed by atoms with E-state index >= 15 is 0 Å². The maximum absolute atomic E-state index is 6.19. The van der Waals surface area contributed by atoms with Crippen LogP contribution in [0.4, 0.5) is 0 Å². The molecule has 4 heteroatoms. The van der Waals surface area contributed by atoms with Crippen LogP contribution < -0.4 is 4.74 Å². The van der Waals surface area contributed by atoms with Gasteiger partial charge in [-0.05, 0) is 29.8 Å². The van der Waals surface area contributed by atoms with Crippen LogP contribution in [0.3, 0.4) is 0 Å². The number of halogens is 3. The van der Waals surface area contributed by atoms with E-state index in [9.17, 15) is 0 Å². The van der Waals surface area contributed by atoms with Crippen LogP contribution in [-0.2, 0) is 6.42 Å². The van der Waals surface area contributed by atoms with E-state index in [-0.39, 0.29) is 0 Å². The van der Waals surface area contributed by atoms with Crippen molar-refractivity contribution in [3.8, 4) is 5.75 Å². The van der Waals surface area contributed by atoms with Gasteiger partial charge >= 0.3 is 0 Å². The topological polar surface area (TPSA) is 9.23 Å². The first-order chi connectivity index (χ1) is 9.20. The molecule has 0 spiro atoms. The molecule has 0 radical (unpaired) electrons. The highest BCUT2D eigenvalue weighted by Crippen LogP contribution is 2.27. The van der Waals surface area contributed by atoms with E-state index in [1.807, 2.05) is 42.5 Å². The standard InChI is InChI=1S/C15H13BrCl2O/c16-7-8-19-15-6-5-13(17)10-12(15)9-11-3-1-2-4-14(11)18/h1-6,10H,7-9H2. The molecule has 0 unspecified atom stereocenters. The highest BCUT2D eigenvalue weighted by molar-refractivity contribution is 9.09. The monoisotopic (exact) mass is 358 g/mol. The summed E-state index contributed by atoms with van der Waals surface area (Å²) in [5, 5.41) is 2.25. The Bertz CT molecular complexity index is 558. The Hall–Kier alpha value is -0.700. The minimum absolute atomic E-state index is 0.622. The normalized spacial score (nSPS) is 10.5. The van der Waals surface area contributed by atoms with Crippen LogP contribution in [0.1, 0.15) is 11.1 Å². The zero-order valence-corrected chi connectivity index (χ0v) is 13.3. The smallest absolute Gasteiger partial charge is 0.122 e. The van der Waals surface area contributed by atoms with E-state index in [2.05, 4.69) is 15.9 Å². The van der Waals surface area contributed by atoms with Gasteiger partial charge in [0.1, 0.15) is 5.75 Å². The van der Waals surface area contributed by atoms with Crippen molar-refractivity contribution in [2.24, 2.45) is 0 Å². The molecule has 0 aliphatic carbocycles. The molecular formula is C15H13BrCl2O. The van der Waals surface area contributed by atoms with E-state index in [4.69, 9.17) is 27.9 Å². The van der Waals surface area contributed by atoms with E-state index in [1.54, 1.807) is 0 Å². The Morgan fingerprint density at radius 1 is 1.00 bits per heavy atom. The van der Waals surface area contributed by atoms with Gasteiger partial charge in [-0.15, -0.1) is 0 Å². The second kappa shape index (κ2) is 7.18. The molecule has 2 aromatic carbocycles. The lowest BCUT2D eigenvalue weighted by molar-refractivity contribution is 0.342. The lowest BCUT2D eigenvalue weighted by Crippen LogP contribution is -2.01. The largest absolute Gasteiger partial charge is 0.492 e. The highest BCUT2D eigenvalue weighted by Gasteiger charge is 2.08.